The van der Waals surface area contributed by atoms with Crippen LogP contribution in [0.25, 0.3) is 0 Å². The minimum Gasteiger partial charge on any atom is -0.453 e. The summed E-state index contributed by atoms with van der Waals surface area (Å²) in [7, 11) is -3.73. The van der Waals surface area contributed by atoms with Crippen molar-refractivity contribution in [3.8, 4) is 0 Å². The fourth-order valence-electron chi connectivity index (χ4n) is 2.69. The van der Waals surface area contributed by atoms with E-state index in [1.54, 1.807) is 0 Å². The minimum absolute atomic E-state index is 0.0827. The van der Waals surface area contributed by atoms with Gasteiger partial charge in [0.1, 0.15) is 16.0 Å². The Hall–Kier alpha value is -0.420. The maximum Gasteiger partial charge on any atom is 0.331 e. The molecule has 0 radical (unpaired) electrons. The molecule has 2 fully saturated rings. The van der Waals surface area contributed by atoms with E-state index >= 15 is 0 Å². The van der Waals surface area contributed by atoms with E-state index in [-0.39, 0.29) is 4.61 Å². The van der Waals surface area contributed by atoms with Crippen LogP contribution < -0.4 is 0 Å². The molecule has 1 N–H and O–H groups in total. The topological polar surface area (TPSA) is 101 Å². The van der Waals surface area contributed by atoms with Gasteiger partial charge in [0, 0.05) is 0 Å². The van der Waals surface area contributed by atoms with Gasteiger partial charge in [-0.2, -0.15) is 0 Å². The summed E-state index contributed by atoms with van der Waals surface area (Å²) in [5.41, 5.74) is 0. The fourth-order valence-corrected chi connectivity index (χ4v) is 5.30. The normalized spacial score (nSPS) is 34.6. The smallest absolute Gasteiger partial charge is 0.331 e. The highest BCUT2D eigenvalue weighted by Crippen LogP contribution is 2.48. The number of carbonyl (C=O) groups excluding carboxylic acids is 2. The van der Waals surface area contributed by atoms with Gasteiger partial charge in [-0.3, -0.25) is 4.79 Å². The molecular formula is C10H14INO6S. The summed E-state index contributed by atoms with van der Waals surface area (Å²) in [6.45, 7) is 2.27. The highest BCUT2D eigenvalue weighted by Gasteiger charge is 2.72. The zero-order chi connectivity index (χ0) is 14.6. The van der Waals surface area contributed by atoms with Gasteiger partial charge in [-0.1, -0.05) is 0 Å². The number of rotatable bonds is 3. The number of amides is 1. The first-order valence-electron chi connectivity index (χ1n) is 5.61. The highest BCUT2D eigenvalue weighted by molar-refractivity contribution is 14.1. The average molecular weight is 403 g/mol. The lowest BCUT2D eigenvalue weighted by Gasteiger charge is -2.42. The Labute approximate surface area is 124 Å². The summed E-state index contributed by atoms with van der Waals surface area (Å²) < 4.78 is 28.3. The average Bonchev–Trinajstić information content (AvgIpc) is 2.44. The Morgan fingerprint density at radius 2 is 2.11 bits per heavy atom. The quantitative estimate of drug-likeness (QED) is 0.289. The van der Waals surface area contributed by atoms with Crippen LogP contribution in [0.1, 0.15) is 13.8 Å². The number of fused-ring (bicyclic) bond motifs is 1. The van der Waals surface area contributed by atoms with Crippen molar-refractivity contribution in [2.75, 3.05) is 11.2 Å². The number of sulfone groups is 1. The lowest BCUT2D eigenvalue weighted by Crippen LogP contribution is -2.64. The van der Waals surface area contributed by atoms with Gasteiger partial charge in [-0.25, -0.2) is 13.2 Å². The van der Waals surface area contributed by atoms with E-state index in [2.05, 4.69) is 0 Å². The van der Waals surface area contributed by atoms with E-state index in [1.807, 2.05) is 22.6 Å². The second-order valence-corrected chi connectivity index (χ2v) is 8.30. The van der Waals surface area contributed by atoms with Crippen molar-refractivity contribution in [2.24, 2.45) is 5.92 Å². The molecule has 1 amide bonds. The van der Waals surface area contributed by atoms with Crippen LogP contribution in [0.4, 0.5) is 0 Å². The number of halogens is 1. The van der Waals surface area contributed by atoms with Crippen LogP contribution in [0.2, 0.25) is 0 Å². The van der Waals surface area contributed by atoms with Gasteiger partial charge in [0.05, 0.1) is 17.3 Å². The zero-order valence-corrected chi connectivity index (χ0v) is 13.3. The van der Waals surface area contributed by atoms with E-state index in [0.29, 0.717) is 0 Å². The molecule has 2 heterocycles. The van der Waals surface area contributed by atoms with Crippen LogP contribution in [-0.4, -0.2) is 57.7 Å². The second-order valence-electron chi connectivity index (χ2n) is 5.05. The van der Waals surface area contributed by atoms with Crippen molar-refractivity contribution >= 4 is 44.3 Å². The summed E-state index contributed by atoms with van der Waals surface area (Å²) in [6.07, 6.45) is 0. The standard InChI is InChI=1S/C10H14INO6S/c1-10(2)6(9(15)18-4-11)12-7(14)5(3-13)8(12)19(10,16)17/h5-6,8,13H,3-4H2,1-2H3/t5-,6+,8-/m1/s1. The Kier molecular flexibility index (Phi) is 3.59. The van der Waals surface area contributed by atoms with Crippen molar-refractivity contribution in [3.63, 3.8) is 0 Å². The Morgan fingerprint density at radius 1 is 1.53 bits per heavy atom. The van der Waals surface area contributed by atoms with Gasteiger partial charge in [0.2, 0.25) is 5.91 Å². The number of β-lactam (4-membered cyclic amide) rings is 1. The number of alkyl halides is 1. The molecule has 19 heavy (non-hydrogen) atoms. The number of hydrogen-bond acceptors (Lipinski definition) is 6. The molecule has 0 spiro atoms. The van der Waals surface area contributed by atoms with Crippen molar-refractivity contribution in [1.29, 1.82) is 0 Å². The van der Waals surface area contributed by atoms with Crippen LogP contribution in [0.5, 0.6) is 0 Å². The third kappa shape index (κ3) is 1.74. The number of carbonyl (C=O) groups is 2. The number of nitrogens with zero attached hydrogens (tertiary/aromatic N) is 1. The maximum absolute atomic E-state index is 12.4. The highest BCUT2D eigenvalue weighted by atomic mass is 127. The van der Waals surface area contributed by atoms with E-state index in [4.69, 9.17) is 9.84 Å². The lowest BCUT2D eigenvalue weighted by atomic mass is 9.92. The van der Waals surface area contributed by atoms with Gasteiger partial charge in [0.25, 0.3) is 0 Å². The monoisotopic (exact) mass is 403 g/mol. The Bertz CT molecular complexity index is 530. The summed E-state index contributed by atoms with van der Waals surface area (Å²) in [4.78, 5) is 24.8. The molecule has 7 nitrogen and oxygen atoms in total. The molecule has 0 bridgehead atoms. The fraction of sp³-hybridized carbons (Fsp3) is 0.800. The SMILES string of the molecule is CC1(C)[C@H](C(=O)OCI)N2C(=O)[C@@H](CO)[C@H]2S1(=O)=O. The molecule has 2 aliphatic rings. The van der Waals surface area contributed by atoms with Gasteiger partial charge in [-0.15, -0.1) is 0 Å². The van der Waals surface area contributed by atoms with Gasteiger partial charge in [0.15, 0.2) is 9.84 Å². The van der Waals surface area contributed by atoms with E-state index in [1.165, 1.54) is 13.8 Å². The summed E-state index contributed by atoms with van der Waals surface area (Å²) in [6, 6.07) is -1.15. The number of ether oxygens (including phenoxy) is 1. The first-order valence-corrected chi connectivity index (χ1v) is 8.68. The third-order valence-electron chi connectivity index (χ3n) is 3.79. The maximum atomic E-state index is 12.4. The molecule has 0 saturated carbocycles. The molecule has 2 saturated heterocycles. The number of aliphatic hydroxyl groups excluding tert-OH is 1. The van der Waals surface area contributed by atoms with Gasteiger partial charge < -0.3 is 14.7 Å². The number of esters is 1. The molecule has 2 aliphatic heterocycles. The summed E-state index contributed by atoms with van der Waals surface area (Å²) in [5, 5.41) is 7.99. The molecular weight excluding hydrogens is 389 g/mol. The van der Waals surface area contributed by atoms with Gasteiger partial charge >= 0.3 is 5.97 Å². The Morgan fingerprint density at radius 3 is 2.58 bits per heavy atom. The predicted octanol–water partition coefficient (Wildman–Crippen LogP) is -0.725. The van der Waals surface area contributed by atoms with E-state index in [0.717, 1.165) is 4.90 Å². The number of aliphatic hydroxyl groups is 1. The molecule has 2 rings (SSSR count). The van der Waals surface area contributed by atoms with E-state index < -0.39 is 50.4 Å². The van der Waals surface area contributed by atoms with Crippen LogP contribution in [-0.2, 0) is 24.2 Å². The lowest BCUT2D eigenvalue weighted by molar-refractivity contribution is -0.166. The molecule has 0 unspecified atom stereocenters. The summed E-state index contributed by atoms with van der Waals surface area (Å²) in [5.74, 6) is -2.21. The molecule has 108 valence electrons. The minimum atomic E-state index is -3.73. The molecule has 0 aromatic carbocycles. The van der Waals surface area contributed by atoms with Crippen LogP contribution >= 0.6 is 22.6 Å². The van der Waals surface area contributed by atoms with Crippen LogP contribution in [0, 0.1) is 5.92 Å². The molecule has 0 aliphatic carbocycles. The van der Waals surface area contributed by atoms with Crippen LogP contribution in [0.3, 0.4) is 0 Å². The van der Waals surface area contributed by atoms with Crippen molar-refractivity contribution in [2.45, 2.75) is 30.0 Å². The Balaban J connectivity index is 2.47. The second kappa shape index (κ2) is 4.55. The molecule has 3 atom stereocenters. The number of hydrogen-bond donors (Lipinski definition) is 1. The third-order valence-corrected chi connectivity index (χ3v) is 6.99. The van der Waals surface area contributed by atoms with E-state index in [9.17, 15) is 18.0 Å². The van der Waals surface area contributed by atoms with Crippen molar-refractivity contribution in [1.82, 2.24) is 4.90 Å². The van der Waals surface area contributed by atoms with Crippen molar-refractivity contribution < 1.29 is 27.9 Å². The molecule has 0 aromatic heterocycles. The molecule has 0 aromatic rings. The largest absolute Gasteiger partial charge is 0.453 e. The first-order chi connectivity index (χ1) is 8.71. The molecule has 9 heteroatoms. The van der Waals surface area contributed by atoms with Crippen LogP contribution in [0.15, 0.2) is 0 Å². The first kappa shape index (κ1) is 15.0. The zero-order valence-electron chi connectivity index (χ0n) is 10.4. The van der Waals surface area contributed by atoms with Gasteiger partial charge in [-0.05, 0) is 36.4 Å². The predicted molar refractivity (Wildman–Crippen MR) is 73.0 cm³/mol. The van der Waals surface area contributed by atoms with Crippen molar-refractivity contribution in [3.05, 3.63) is 0 Å². The summed E-state index contributed by atoms with van der Waals surface area (Å²) >= 11 is 1.82.